The molecule has 3 rings (SSSR count). The number of anilines is 2. The van der Waals surface area contributed by atoms with Crippen molar-refractivity contribution in [3.8, 4) is 5.75 Å². The lowest BCUT2D eigenvalue weighted by Gasteiger charge is -2.16. The van der Waals surface area contributed by atoms with Crippen LogP contribution in [-0.2, 0) is 11.0 Å². The number of aryl methyl sites for hydroxylation is 2. The van der Waals surface area contributed by atoms with Crippen molar-refractivity contribution in [3.63, 3.8) is 0 Å². The van der Waals surface area contributed by atoms with Crippen molar-refractivity contribution in [1.82, 2.24) is 0 Å². The maximum absolute atomic E-state index is 13.5. The Labute approximate surface area is 182 Å². The topological polar surface area (TPSA) is 80.6 Å². The third-order valence-electron chi connectivity index (χ3n) is 4.52. The molecule has 1 heterocycles. The van der Waals surface area contributed by atoms with E-state index in [4.69, 9.17) is 9.15 Å². The second kappa shape index (κ2) is 9.59. The Bertz CT molecular complexity index is 1110. The molecule has 168 valence electrons. The van der Waals surface area contributed by atoms with Gasteiger partial charge in [0, 0.05) is 5.69 Å². The van der Waals surface area contributed by atoms with Gasteiger partial charge < -0.3 is 19.8 Å². The summed E-state index contributed by atoms with van der Waals surface area (Å²) in [5, 5.41) is 4.60. The van der Waals surface area contributed by atoms with E-state index in [1.807, 2.05) is 26.0 Å². The molecule has 2 N–H and O–H groups in total. The van der Waals surface area contributed by atoms with Crippen LogP contribution in [0.25, 0.3) is 0 Å². The Morgan fingerprint density at radius 1 is 1.03 bits per heavy atom. The van der Waals surface area contributed by atoms with Crippen LogP contribution in [-0.4, -0.2) is 18.4 Å². The fourth-order valence-electron chi connectivity index (χ4n) is 2.99. The molecule has 0 atom stereocenters. The van der Waals surface area contributed by atoms with Gasteiger partial charge in [0.05, 0.1) is 30.5 Å². The first-order valence-corrected chi connectivity index (χ1v) is 9.69. The molecule has 32 heavy (non-hydrogen) atoms. The summed E-state index contributed by atoms with van der Waals surface area (Å²) >= 11 is 0. The third kappa shape index (κ3) is 5.90. The van der Waals surface area contributed by atoms with Crippen LogP contribution >= 0.6 is 0 Å². The van der Waals surface area contributed by atoms with Crippen molar-refractivity contribution in [3.05, 3.63) is 77.2 Å². The normalized spacial score (nSPS) is 11.2. The van der Waals surface area contributed by atoms with E-state index in [1.54, 1.807) is 6.07 Å². The molecule has 3 aromatic rings. The van der Waals surface area contributed by atoms with E-state index < -0.39 is 29.2 Å². The van der Waals surface area contributed by atoms with Gasteiger partial charge in [-0.1, -0.05) is 17.7 Å². The standard InChI is InChI=1S/C23H21F3N2O4/c1-14-5-8-19(15(2)12-14)32-11-9-21(29)28-18-7-6-16(13-17(18)23(24,25)26)27-22(30)20-4-3-10-31-20/h3-8,10,12-13H,9,11H2,1-2H3,(H,27,30)(H,28,29). The molecule has 0 saturated heterocycles. The Morgan fingerprint density at radius 2 is 1.81 bits per heavy atom. The number of alkyl halides is 3. The molecular formula is C23H21F3N2O4. The van der Waals surface area contributed by atoms with Gasteiger partial charge in [-0.2, -0.15) is 13.2 Å². The number of carbonyl (C=O) groups is 2. The zero-order chi connectivity index (χ0) is 23.3. The van der Waals surface area contributed by atoms with Crippen LogP contribution in [0.15, 0.2) is 59.2 Å². The number of nitrogens with one attached hydrogen (secondary N) is 2. The molecule has 0 saturated carbocycles. The highest BCUT2D eigenvalue weighted by atomic mass is 19.4. The average molecular weight is 446 g/mol. The van der Waals surface area contributed by atoms with Crippen LogP contribution in [0.4, 0.5) is 24.5 Å². The Morgan fingerprint density at radius 3 is 2.47 bits per heavy atom. The first kappa shape index (κ1) is 22.9. The fraction of sp³-hybridized carbons (Fsp3) is 0.217. The van der Waals surface area contributed by atoms with Crippen LogP contribution in [0.1, 0.15) is 33.7 Å². The summed E-state index contributed by atoms with van der Waals surface area (Å²) in [6.45, 7) is 3.81. The smallest absolute Gasteiger partial charge is 0.418 e. The van der Waals surface area contributed by atoms with Gasteiger partial charge in [-0.25, -0.2) is 0 Å². The van der Waals surface area contributed by atoms with Crippen molar-refractivity contribution in [2.75, 3.05) is 17.2 Å². The SMILES string of the molecule is Cc1ccc(OCCC(=O)Nc2ccc(NC(=O)c3ccco3)cc2C(F)(F)F)c(C)c1. The van der Waals surface area contributed by atoms with Crippen LogP contribution in [0.5, 0.6) is 5.75 Å². The predicted octanol–water partition coefficient (Wildman–Crippen LogP) is 5.58. The summed E-state index contributed by atoms with van der Waals surface area (Å²) in [6.07, 6.45) is -3.61. The molecule has 0 aliphatic rings. The number of rotatable bonds is 7. The largest absolute Gasteiger partial charge is 0.493 e. The van der Waals surface area contributed by atoms with E-state index in [1.165, 1.54) is 24.5 Å². The van der Waals surface area contributed by atoms with Crippen molar-refractivity contribution >= 4 is 23.2 Å². The van der Waals surface area contributed by atoms with E-state index in [0.717, 1.165) is 23.3 Å². The zero-order valence-corrected chi connectivity index (χ0v) is 17.4. The van der Waals surface area contributed by atoms with Crippen molar-refractivity contribution in [2.24, 2.45) is 0 Å². The highest BCUT2D eigenvalue weighted by Gasteiger charge is 2.34. The molecule has 0 spiro atoms. The Balaban J connectivity index is 1.65. The monoisotopic (exact) mass is 446 g/mol. The highest BCUT2D eigenvalue weighted by Crippen LogP contribution is 2.36. The second-order valence-corrected chi connectivity index (χ2v) is 7.11. The number of ether oxygens (including phenoxy) is 1. The maximum atomic E-state index is 13.5. The molecule has 1 aromatic heterocycles. The number of furan rings is 1. The number of hydrogen-bond acceptors (Lipinski definition) is 4. The molecule has 0 bridgehead atoms. The second-order valence-electron chi connectivity index (χ2n) is 7.11. The van der Waals surface area contributed by atoms with Crippen LogP contribution in [0.3, 0.4) is 0 Å². The first-order chi connectivity index (χ1) is 15.1. The minimum Gasteiger partial charge on any atom is -0.493 e. The maximum Gasteiger partial charge on any atom is 0.418 e. The minimum absolute atomic E-state index is 0.00831. The molecule has 0 unspecified atom stereocenters. The molecule has 6 nitrogen and oxygen atoms in total. The van der Waals surface area contributed by atoms with E-state index in [2.05, 4.69) is 10.6 Å². The quantitative estimate of drug-likeness (QED) is 0.497. The summed E-state index contributed by atoms with van der Waals surface area (Å²) in [6, 6.07) is 11.5. The number of hydrogen-bond donors (Lipinski definition) is 2. The van der Waals surface area contributed by atoms with Gasteiger partial charge in [0.1, 0.15) is 5.75 Å². The van der Waals surface area contributed by atoms with Gasteiger partial charge in [0.2, 0.25) is 5.91 Å². The minimum atomic E-state index is -4.75. The summed E-state index contributed by atoms with van der Waals surface area (Å²) in [7, 11) is 0. The van der Waals surface area contributed by atoms with Gasteiger partial charge in [0.15, 0.2) is 5.76 Å². The molecular weight excluding hydrogens is 425 g/mol. The first-order valence-electron chi connectivity index (χ1n) is 9.69. The van der Waals surface area contributed by atoms with Crippen molar-refractivity contribution in [1.29, 1.82) is 0 Å². The summed E-state index contributed by atoms with van der Waals surface area (Å²) in [5.41, 5.74) is 0.381. The molecule has 0 aliphatic heterocycles. The number of halogens is 3. The van der Waals surface area contributed by atoms with Crippen molar-refractivity contribution < 1.29 is 31.9 Å². The molecule has 0 radical (unpaired) electrons. The Kier molecular flexibility index (Phi) is 6.87. The van der Waals surface area contributed by atoms with E-state index >= 15 is 0 Å². The van der Waals surface area contributed by atoms with E-state index in [0.29, 0.717) is 5.75 Å². The van der Waals surface area contributed by atoms with Gasteiger partial charge in [-0.3, -0.25) is 9.59 Å². The van der Waals surface area contributed by atoms with Crippen molar-refractivity contribution in [2.45, 2.75) is 26.4 Å². The molecule has 0 aliphatic carbocycles. The number of benzene rings is 2. The molecule has 9 heteroatoms. The lowest BCUT2D eigenvalue weighted by atomic mass is 10.1. The van der Waals surface area contributed by atoms with Crippen LogP contribution in [0, 0.1) is 13.8 Å². The molecule has 0 fully saturated rings. The summed E-state index contributed by atoms with van der Waals surface area (Å²) in [5.74, 6) is -0.758. The average Bonchev–Trinajstić information content (AvgIpc) is 3.25. The zero-order valence-electron chi connectivity index (χ0n) is 17.4. The van der Waals surface area contributed by atoms with Crippen LogP contribution < -0.4 is 15.4 Å². The highest BCUT2D eigenvalue weighted by molar-refractivity contribution is 6.02. The van der Waals surface area contributed by atoms with Gasteiger partial charge >= 0.3 is 6.18 Å². The summed E-state index contributed by atoms with van der Waals surface area (Å²) < 4.78 is 51.1. The van der Waals surface area contributed by atoms with E-state index in [-0.39, 0.29) is 24.5 Å². The Hall–Kier alpha value is -3.75. The number of amides is 2. The lowest BCUT2D eigenvalue weighted by Crippen LogP contribution is -2.19. The fourth-order valence-corrected chi connectivity index (χ4v) is 2.99. The third-order valence-corrected chi connectivity index (χ3v) is 4.52. The molecule has 2 amide bonds. The van der Waals surface area contributed by atoms with E-state index in [9.17, 15) is 22.8 Å². The number of carbonyl (C=O) groups excluding carboxylic acids is 2. The summed E-state index contributed by atoms with van der Waals surface area (Å²) in [4.78, 5) is 24.2. The molecule has 2 aromatic carbocycles. The lowest BCUT2D eigenvalue weighted by molar-refractivity contribution is -0.136. The van der Waals surface area contributed by atoms with Gasteiger partial charge in [-0.15, -0.1) is 0 Å². The predicted molar refractivity (Wildman–Crippen MR) is 113 cm³/mol. The van der Waals surface area contributed by atoms with Crippen LogP contribution in [0.2, 0.25) is 0 Å². The van der Waals surface area contributed by atoms with Gasteiger partial charge in [0.25, 0.3) is 5.91 Å². The van der Waals surface area contributed by atoms with Gasteiger partial charge in [-0.05, 0) is 55.8 Å².